The molecule has 1 atom stereocenters. The molecule has 0 aliphatic carbocycles. The molecule has 0 heterocycles. The molecule has 0 aliphatic heterocycles. The van der Waals surface area contributed by atoms with Crippen LogP contribution in [0.25, 0.3) is 0 Å². The number of carbonyl (C=O) groups excluding carboxylic acids is 7. The minimum absolute atomic E-state index is 0.0864. The molecule has 0 N–H and O–H groups in total. The molecule has 0 radical (unpaired) electrons. The number of unbranched alkanes of at least 4 members (excludes halogenated alkanes) is 20. The van der Waals surface area contributed by atoms with Crippen LogP contribution in [0.4, 0.5) is 4.79 Å². The molecule has 0 saturated carbocycles. The van der Waals surface area contributed by atoms with Crippen LogP contribution in [-0.2, 0) is 61.9 Å². The molecular formula is C55H100N2O14. The van der Waals surface area contributed by atoms with Gasteiger partial charge < -0.3 is 43.0 Å². The summed E-state index contributed by atoms with van der Waals surface area (Å²) in [5, 5.41) is 0. The average molecular weight is 1010 g/mol. The maximum atomic E-state index is 13.2. The van der Waals surface area contributed by atoms with Crippen LogP contribution in [0.3, 0.4) is 0 Å². The van der Waals surface area contributed by atoms with Crippen LogP contribution in [0.15, 0.2) is 0 Å². The molecule has 0 aromatic heterocycles. The van der Waals surface area contributed by atoms with Crippen molar-refractivity contribution in [2.45, 2.75) is 220 Å². The van der Waals surface area contributed by atoms with Gasteiger partial charge in [-0.25, -0.2) is 4.79 Å². The number of hydrogen-bond acceptors (Lipinski definition) is 15. The molecular weight excluding hydrogens is 913 g/mol. The largest absolute Gasteiger partial charge is 0.466 e. The van der Waals surface area contributed by atoms with Crippen LogP contribution >= 0.6 is 0 Å². The number of esters is 6. The summed E-state index contributed by atoms with van der Waals surface area (Å²) >= 11 is 0. The van der Waals surface area contributed by atoms with E-state index in [-0.39, 0.29) is 116 Å². The van der Waals surface area contributed by atoms with E-state index in [4.69, 9.17) is 33.2 Å². The first-order chi connectivity index (χ1) is 34.3. The van der Waals surface area contributed by atoms with Crippen LogP contribution < -0.4 is 0 Å². The first-order valence-corrected chi connectivity index (χ1v) is 27.8. The Hall–Kier alpha value is -3.95. The predicted molar refractivity (Wildman–Crippen MR) is 275 cm³/mol. The van der Waals surface area contributed by atoms with Crippen molar-refractivity contribution in [1.29, 1.82) is 0 Å². The van der Waals surface area contributed by atoms with Gasteiger partial charge in [-0.2, -0.15) is 0 Å². The van der Waals surface area contributed by atoms with Crippen molar-refractivity contribution < 1.29 is 66.7 Å². The van der Waals surface area contributed by atoms with Crippen molar-refractivity contribution in [1.82, 2.24) is 9.80 Å². The summed E-state index contributed by atoms with van der Waals surface area (Å²) < 4.78 is 38.5. The third-order valence-corrected chi connectivity index (χ3v) is 12.0. The van der Waals surface area contributed by atoms with Crippen molar-refractivity contribution >= 4 is 41.9 Å². The van der Waals surface area contributed by atoms with Gasteiger partial charge >= 0.3 is 41.9 Å². The first-order valence-electron chi connectivity index (χ1n) is 27.8. The Morgan fingerprint density at radius 3 is 1.01 bits per heavy atom. The number of amides is 1. The maximum absolute atomic E-state index is 13.2. The predicted octanol–water partition coefficient (Wildman–Crippen LogP) is 11.3. The Morgan fingerprint density at radius 1 is 0.324 bits per heavy atom. The van der Waals surface area contributed by atoms with Crippen molar-refractivity contribution in [2.75, 3.05) is 80.0 Å². The van der Waals surface area contributed by atoms with E-state index < -0.39 is 35.8 Å². The Kier molecular flexibility index (Phi) is 45.6. The lowest BCUT2D eigenvalue weighted by molar-refractivity contribution is -0.155. The fourth-order valence-corrected chi connectivity index (χ4v) is 7.55. The molecule has 414 valence electrons. The standard InChI is InChI=1S/C55H100N2O14/c1-7-11-15-19-23-27-31-49(58)69-44-47(41-52(61)65-37-30-26-22-18-14-10-4)42-53(62)66-39-35-57(55(64)68-38-34-56(5)6)36-40-67-54(63)43-48(45-70-50(59)32-28-24-20-16-12-8-2)46-71-51(60)33-29-25-21-17-13-9-3/h47-48H,7-46H2,1-6H3. The third kappa shape index (κ3) is 44.5. The quantitative estimate of drug-likeness (QED) is 0.0317. The van der Waals surface area contributed by atoms with Crippen LogP contribution in [0.1, 0.15) is 220 Å². The van der Waals surface area contributed by atoms with Gasteiger partial charge in [-0.05, 0) is 39.8 Å². The summed E-state index contributed by atoms with van der Waals surface area (Å²) in [6.45, 7) is 8.44. The van der Waals surface area contributed by atoms with Gasteiger partial charge in [0.15, 0.2) is 0 Å². The third-order valence-electron chi connectivity index (χ3n) is 12.0. The molecule has 0 rings (SSSR count). The minimum atomic E-state index is -0.699. The fourth-order valence-electron chi connectivity index (χ4n) is 7.55. The zero-order valence-electron chi connectivity index (χ0n) is 45.5. The highest BCUT2D eigenvalue weighted by molar-refractivity contribution is 5.74. The van der Waals surface area contributed by atoms with E-state index in [0.29, 0.717) is 25.8 Å². The summed E-state index contributed by atoms with van der Waals surface area (Å²) in [5.41, 5.74) is 0. The van der Waals surface area contributed by atoms with Crippen molar-refractivity contribution in [3.8, 4) is 0 Å². The van der Waals surface area contributed by atoms with Gasteiger partial charge in [0, 0.05) is 37.6 Å². The molecule has 16 nitrogen and oxygen atoms in total. The number of ether oxygens (including phenoxy) is 7. The van der Waals surface area contributed by atoms with Gasteiger partial charge in [0.1, 0.15) is 19.8 Å². The summed E-state index contributed by atoms with van der Waals surface area (Å²) in [6.07, 6.45) is 24.1. The summed E-state index contributed by atoms with van der Waals surface area (Å²) in [6, 6.07) is 0. The maximum Gasteiger partial charge on any atom is 0.410 e. The number of rotatable bonds is 49. The molecule has 0 aromatic rings. The van der Waals surface area contributed by atoms with E-state index in [1.807, 2.05) is 19.0 Å². The normalized spacial score (nSPS) is 11.5. The van der Waals surface area contributed by atoms with Crippen LogP contribution in [0.5, 0.6) is 0 Å². The molecule has 0 bridgehead atoms. The Morgan fingerprint density at radius 2 is 0.634 bits per heavy atom. The van der Waals surface area contributed by atoms with Crippen LogP contribution in [0.2, 0.25) is 0 Å². The molecule has 1 amide bonds. The lowest BCUT2D eigenvalue weighted by Gasteiger charge is -2.23. The van der Waals surface area contributed by atoms with E-state index in [2.05, 4.69) is 27.7 Å². The Bertz CT molecular complexity index is 1350. The highest BCUT2D eigenvalue weighted by atomic mass is 16.6. The molecule has 0 fully saturated rings. The van der Waals surface area contributed by atoms with Gasteiger partial charge in [-0.3, -0.25) is 28.8 Å². The second-order valence-electron chi connectivity index (χ2n) is 19.3. The second-order valence-corrected chi connectivity index (χ2v) is 19.3. The molecule has 1 unspecified atom stereocenters. The molecule has 0 aromatic carbocycles. The molecule has 0 aliphatic rings. The second kappa shape index (κ2) is 48.3. The fraction of sp³-hybridized carbons (Fsp3) is 0.873. The lowest BCUT2D eigenvalue weighted by Crippen LogP contribution is -2.39. The lowest BCUT2D eigenvalue weighted by atomic mass is 10.0. The topological polar surface area (TPSA) is 191 Å². The van der Waals surface area contributed by atoms with E-state index in [1.54, 1.807) is 0 Å². The number of hydrogen-bond donors (Lipinski definition) is 0. The van der Waals surface area contributed by atoms with Crippen molar-refractivity contribution in [3.63, 3.8) is 0 Å². The van der Waals surface area contributed by atoms with Gasteiger partial charge in [0.2, 0.25) is 0 Å². The number of likely N-dealkylation sites (N-methyl/N-ethyl adjacent to an activating group) is 1. The highest BCUT2D eigenvalue weighted by Crippen LogP contribution is 2.16. The molecule has 16 heteroatoms. The molecule has 71 heavy (non-hydrogen) atoms. The summed E-state index contributed by atoms with van der Waals surface area (Å²) in [4.78, 5) is 93.2. The number of carbonyl (C=O) groups is 7. The Labute approximate surface area is 429 Å². The van der Waals surface area contributed by atoms with E-state index in [0.717, 1.165) is 128 Å². The zero-order valence-corrected chi connectivity index (χ0v) is 45.5. The smallest absolute Gasteiger partial charge is 0.410 e. The highest BCUT2D eigenvalue weighted by Gasteiger charge is 2.24. The van der Waals surface area contributed by atoms with E-state index >= 15 is 0 Å². The first kappa shape index (κ1) is 67.0. The van der Waals surface area contributed by atoms with Gasteiger partial charge in [-0.15, -0.1) is 0 Å². The summed E-state index contributed by atoms with van der Waals surface area (Å²) in [7, 11) is 3.67. The minimum Gasteiger partial charge on any atom is -0.466 e. The van der Waals surface area contributed by atoms with Gasteiger partial charge in [0.05, 0.1) is 58.8 Å². The van der Waals surface area contributed by atoms with Gasteiger partial charge in [0.25, 0.3) is 0 Å². The SMILES string of the molecule is CCCCCCCCOC(=O)CC(COC(=O)CCCCCCCC)CC(=O)OCCN(CCOC(=O)CC(COC(=O)CCCCCCCC)COC(=O)CCCCCCCC)C(=O)OCCN(C)C. The summed E-state index contributed by atoms with van der Waals surface area (Å²) in [5.74, 6) is -4.20. The monoisotopic (exact) mass is 1010 g/mol. The molecule has 0 spiro atoms. The Balaban J connectivity index is 5.52. The van der Waals surface area contributed by atoms with Crippen LogP contribution in [0, 0.1) is 11.8 Å². The van der Waals surface area contributed by atoms with Crippen LogP contribution in [-0.4, -0.2) is 132 Å². The van der Waals surface area contributed by atoms with Gasteiger partial charge in [-0.1, -0.05) is 156 Å². The average Bonchev–Trinajstić information content (AvgIpc) is 3.33. The van der Waals surface area contributed by atoms with Crippen molar-refractivity contribution in [2.24, 2.45) is 11.8 Å². The van der Waals surface area contributed by atoms with Crippen molar-refractivity contribution in [3.05, 3.63) is 0 Å². The number of nitrogens with zero attached hydrogens (tertiary/aromatic N) is 2. The molecule has 0 saturated heterocycles. The zero-order chi connectivity index (χ0) is 52.6. The van der Waals surface area contributed by atoms with E-state index in [1.165, 1.54) is 11.3 Å². The van der Waals surface area contributed by atoms with E-state index in [9.17, 15) is 33.6 Å².